The molecule has 0 saturated carbocycles. The fraction of sp³-hybridized carbons (Fsp3) is 0.524. The Bertz CT molecular complexity index is 507. The second-order valence-corrected chi connectivity index (χ2v) is 6.21. The first-order valence-electron chi connectivity index (χ1n) is 8.61. The van der Waals surface area contributed by atoms with Crippen molar-refractivity contribution in [2.45, 2.75) is 65.2 Å². The van der Waals surface area contributed by atoms with Crippen molar-refractivity contribution in [1.29, 1.82) is 0 Å². The first kappa shape index (κ1) is 15.9. The van der Waals surface area contributed by atoms with Gasteiger partial charge in [-0.15, -0.1) is 0 Å². The number of hydrogen-bond acceptors (Lipinski definition) is 0. The highest BCUT2D eigenvalue weighted by Crippen LogP contribution is 2.26. The van der Waals surface area contributed by atoms with E-state index < -0.39 is 0 Å². The smallest absolute Gasteiger partial charge is 0.0249 e. The minimum atomic E-state index is 0.901. The van der Waals surface area contributed by atoms with Gasteiger partial charge in [-0.3, -0.25) is 0 Å². The summed E-state index contributed by atoms with van der Waals surface area (Å²) in [5.41, 5.74) is 3.92. The maximum atomic E-state index is 3.37. The maximum Gasteiger partial charge on any atom is 0.0249 e. The van der Waals surface area contributed by atoms with Crippen molar-refractivity contribution >= 4 is 0 Å². The number of rotatable bonds is 5. The van der Waals surface area contributed by atoms with Gasteiger partial charge in [0.05, 0.1) is 0 Å². The van der Waals surface area contributed by atoms with E-state index in [1.54, 1.807) is 0 Å². The number of aryl methyl sites for hydroxylation is 1. The predicted octanol–water partition coefficient (Wildman–Crippen LogP) is 5.91. The molecule has 1 aliphatic rings. The van der Waals surface area contributed by atoms with E-state index in [1.165, 1.54) is 62.5 Å². The minimum absolute atomic E-state index is 0.901. The molecular weight excluding hydrogens is 252 g/mol. The lowest BCUT2D eigenvalue weighted by atomic mass is 9.87. The first-order valence-corrected chi connectivity index (χ1v) is 8.61. The van der Waals surface area contributed by atoms with Crippen LogP contribution in [0.1, 0.15) is 69.9 Å². The van der Waals surface area contributed by atoms with E-state index in [0.29, 0.717) is 0 Å². The molecule has 1 aromatic carbocycles. The molecule has 0 radical (unpaired) electrons. The fourth-order valence-corrected chi connectivity index (χ4v) is 2.96. The molecule has 0 aromatic heterocycles. The summed E-state index contributed by atoms with van der Waals surface area (Å²) >= 11 is 0. The van der Waals surface area contributed by atoms with Crippen LogP contribution in [0.25, 0.3) is 0 Å². The van der Waals surface area contributed by atoms with Crippen molar-refractivity contribution < 1.29 is 0 Å². The van der Waals surface area contributed by atoms with E-state index in [1.807, 2.05) is 0 Å². The summed E-state index contributed by atoms with van der Waals surface area (Å²) < 4.78 is 0. The fourth-order valence-electron chi connectivity index (χ4n) is 2.96. The van der Waals surface area contributed by atoms with Crippen LogP contribution < -0.4 is 0 Å². The summed E-state index contributed by atoms with van der Waals surface area (Å²) in [6.07, 6.45) is 12.5. The third-order valence-electron chi connectivity index (χ3n) is 4.36. The molecule has 1 aromatic rings. The molecule has 0 heterocycles. The predicted molar refractivity (Wildman–Crippen MR) is 92.3 cm³/mol. The molecule has 0 nitrogen and oxygen atoms in total. The molecule has 0 amide bonds. The standard InChI is InChI=1S/C21H28/c1-3-5-7-19-10-14-21(15-11-19)17-16-20-12-8-18(6-4-2)9-13-20/h10-12,14-15,18H,3-9,13H2,1-2H3. The summed E-state index contributed by atoms with van der Waals surface area (Å²) in [5.74, 6) is 7.60. The summed E-state index contributed by atoms with van der Waals surface area (Å²) in [7, 11) is 0. The summed E-state index contributed by atoms with van der Waals surface area (Å²) in [4.78, 5) is 0. The Morgan fingerprint density at radius 3 is 2.48 bits per heavy atom. The summed E-state index contributed by atoms with van der Waals surface area (Å²) in [6, 6.07) is 8.79. The average molecular weight is 280 g/mol. The Morgan fingerprint density at radius 2 is 1.86 bits per heavy atom. The van der Waals surface area contributed by atoms with Crippen molar-refractivity contribution in [3.05, 3.63) is 47.0 Å². The van der Waals surface area contributed by atoms with E-state index in [4.69, 9.17) is 0 Å². The molecular formula is C21H28. The lowest BCUT2D eigenvalue weighted by Gasteiger charge is -2.18. The van der Waals surface area contributed by atoms with Gasteiger partial charge in [0.15, 0.2) is 0 Å². The highest BCUT2D eigenvalue weighted by atomic mass is 14.2. The van der Waals surface area contributed by atoms with E-state index in [2.05, 4.69) is 56.0 Å². The molecule has 2 rings (SSSR count). The Labute approximate surface area is 130 Å². The molecule has 0 spiro atoms. The Hall–Kier alpha value is -1.48. The van der Waals surface area contributed by atoms with Gasteiger partial charge in [-0.25, -0.2) is 0 Å². The summed E-state index contributed by atoms with van der Waals surface area (Å²) in [5, 5.41) is 0. The Balaban J connectivity index is 1.90. The van der Waals surface area contributed by atoms with Crippen LogP contribution in [0.5, 0.6) is 0 Å². The van der Waals surface area contributed by atoms with Gasteiger partial charge < -0.3 is 0 Å². The van der Waals surface area contributed by atoms with E-state index in [-0.39, 0.29) is 0 Å². The van der Waals surface area contributed by atoms with Gasteiger partial charge in [-0.05, 0) is 61.3 Å². The minimum Gasteiger partial charge on any atom is -0.0726 e. The lowest BCUT2D eigenvalue weighted by molar-refractivity contribution is 0.436. The zero-order valence-electron chi connectivity index (χ0n) is 13.6. The van der Waals surface area contributed by atoms with Crippen LogP contribution in [0, 0.1) is 17.8 Å². The third kappa shape index (κ3) is 5.43. The van der Waals surface area contributed by atoms with Crippen LogP contribution in [-0.4, -0.2) is 0 Å². The molecule has 0 aliphatic heterocycles. The second-order valence-electron chi connectivity index (χ2n) is 6.21. The van der Waals surface area contributed by atoms with Crippen LogP contribution in [0.2, 0.25) is 0 Å². The zero-order valence-corrected chi connectivity index (χ0v) is 13.6. The van der Waals surface area contributed by atoms with E-state index in [9.17, 15) is 0 Å². The molecule has 0 N–H and O–H groups in total. The Morgan fingerprint density at radius 1 is 1.05 bits per heavy atom. The van der Waals surface area contributed by atoms with Gasteiger partial charge in [0.25, 0.3) is 0 Å². The molecule has 0 heteroatoms. The van der Waals surface area contributed by atoms with Crippen LogP contribution in [-0.2, 0) is 6.42 Å². The number of benzene rings is 1. The lowest BCUT2D eigenvalue weighted by Crippen LogP contribution is -2.04. The quantitative estimate of drug-likeness (QED) is 0.588. The highest BCUT2D eigenvalue weighted by Gasteiger charge is 2.12. The normalized spacial score (nSPS) is 17.8. The number of unbranched alkanes of at least 4 members (excludes halogenated alkanes) is 1. The average Bonchev–Trinajstić information content (AvgIpc) is 2.53. The van der Waals surface area contributed by atoms with Gasteiger partial charge in [0.1, 0.15) is 0 Å². The Kier molecular flexibility index (Phi) is 6.61. The zero-order chi connectivity index (χ0) is 14.9. The summed E-state index contributed by atoms with van der Waals surface area (Å²) in [6.45, 7) is 4.52. The van der Waals surface area contributed by atoms with Crippen LogP contribution in [0.4, 0.5) is 0 Å². The SMILES string of the molecule is CCCCc1ccc(C#CC2=CCC(CCC)CC2)cc1. The molecule has 0 bridgehead atoms. The van der Waals surface area contributed by atoms with Gasteiger partial charge in [0, 0.05) is 5.56 Å². The molecule has 0 saturated heterocycles. The van der Waals surface area contributed by atoms with Crippen molar-refractivity contribution in [3.63, 3.8) is 0 Å². The maximum absolute atomic E-state index is 3.37. The van der Waals surface area contributed by atoms with Crippen molar-refractivity contribution in [2.75, 3.05) is 0 Å². The molecule has 21 heavy (non-hydrogen) atoms. The van der Waals surface area contributed by atoms with E-state index >= 15 is 0 Å². The molecule has 1 atom stereocenters. The van der Waals surface area contributed by atoms with Crippen LogP contribution in [0.15, 0.2) is 35.9 Å². The third-order valence-corrected chi connectivity index (χ3v) is 4.36. The van der Waals surface area contributed by atoms with Crippen molar-refractivity contribution in [1.82, 2.24) is 0 Å². The first-order chi connectivity index (χ1) is 10.3. The highest BCUT2D eigenvalue weighted by molar-refractivity contribution is 5.42. The van der Waals surface area contributed by atoms with Crippen LogP contribution in [0.3, 0.4) is 0 Å². The van der Waals surface area contributed by atoms with Gasteiger partial charge in [-0.2, -0.15) is 0 Å². The van der Waals surface area contributed by atoms with E-state index in [0.717, 1.165) is 11.5 Å². The van der Waals surface area contributed by atoms with Crippen molar-refractivity contribution in [3.8, 4) is 11.8 Å². The number of hydrogen-bond donors (Lipinski definition) is 0. The van der Waals surface area contributed by atoms with Gasteiger partial charge in [0.2, 0.25) is 0 Å². The molecule has 1 unspecified atom stereocenters. The van der Waals surface area contributed by atoms with Crippen LogP contribution >= 0.6 is 0 Å². The van der Waals surface area contributed by atoms with Gasteiger partial charge in [-0.1, -0.05) is 63.2 Å². The number of allylic oxidation sites excluding steroid dienone is 2. The molecule has 1 aliphatic carbocycles. The van der Waals surface area contributed by atoms with Crippen molar-refractivity contribution in [2.24, 2.45) is 5.92 Å². The molecule has 112 valence electrons. The van der Waals surface area contributed by atoms with Gasteiger partial charge >= 0.3 is 0 Å². The largest absolute Gasteiger partial charge is 0.0726 e. The monoisotopic (exact) mass is 280 g/mol. The second kappa shape index (κ2) is 8.73. The molecule has 0 fully saturated rings. The topological polar surface area (TPSA) is 0 Å².